The minimum Gasteiger partial charge on any atom is -0.343 e. The van der Waals surface area contributed by atoms with Gasteiger partial charge in [-0.2, -0.15) is 0 Å². The highest BCUT2D eigenvalue weighted by Gasteiger charge is 2.08. The zero-order chi connectivity index (χ0) is 11.7. The van der Waals surface area contributed by atoms with Crippen LogP contribution in [-0.2, 0) is 0 Å². The van der Waals surface area contributed by atoms with Gasteiger partial charge in [0.25, 0.3) is 0 Å². The van der Waals surface area contributed by atoms with Crippen molar-refractivity contribution in [2.24, 2.45) is 0 Å². The molecule has 0 aromatic carbocycles. The molecule has 0 aliphatic heterocycles. The predicted molar refractivity (Wildman–Crippen MR) is 73.8 cm³/mol. The van der Waals surface area contributed by atoms with E-state index in [1.54, 1.807) is 0 Å². The van der Waals surface area contributed by atoms with Crippen LogP contribution in [0.4, 0.5) is 0 Å². The van der Waals surface area contributed by atoms with E-state index in [2.05, 4.69) is 31.8 Å². The molecular formula is C10H21N3S2. The van der Waals surface area contributed by atoms with Gasteiger partial charge in [0.1, 0.15) is 4.32 Å². The molecule has 0 bridgehead atoms. The van der Waals surface area contributed by atoms with Crippen molar-refractivity contribution < 1.29 is 0 Å². The molecule has 0 saturated carbocycles. The second-order valence-corrected chi connectivity index (χ2v) is 4.63. The number of hydrogen-bond donors (Lipinski definition) is 3. The number of unbranched alkanes of at least 4 members (excludes halogenated alkanes) is 2. The second kappa shape index (κ2) is 8.97. The lowest BCUT2D eigenvalue weighted by Crippen LogP contribution is -2.42. The first-order chi connectivity index (χ1) is 7.11. The van der Waals surface area contributed by atoms with E-state index < -0.39 is 0 Å². The van der Waals surface area contributed by atoms with E-state index in [9.17, 15) is 0 Å². The molecule has 0 spiro atoms. The summed E-state index contributed by atoms with van der Waals surface area (Å²) >= 11 is 8.77. The first-order valence-electron chi connectivity index (χ1n) is 5.45. The van der Waals surface area contributed by atoms with E-state index >= 15 is 0 Å². The summed E-state index contributed by atoms with van der Waals surface area (Å²) in [4.78, 5) is 2.02. The van der Waals surface area contributed by atoms with Crippen molar-refractivity contribution in [3.05, 3.63) is 0 Å². The fourth-order valence-corrected chi connectivity index (χ4v) is 1.42. The summed E-state index contributed by atoms with van der Waals surface area (Å²) in [7, 11) is 0. The third-order valence-corrected chi connectivity index (χ3v) is 2.32. The predicted octanol–water partition coefficient (Wildman–Crippen LogP) is 2.63. The van der Waals surface area contributed by atoms with E-state index in [1.165, 1.54) is 0 Å². The summed E-state index contributed by atoms with van der Waals surface area (Å²) in [5, 5.41) is 10.6. The largest absolute Gasteiger partial charge is 0.343 e. The van der Waals surface area contributed by atoms with Gasteiger partial charge in [0.15, 0.2) is 5.96 Å². The maximum Gasteiger partial charge on any atom is 0.196 e. The van der Waals surface area contributed by atoms with Crippen LogP contribution in [-0.4, -0.2) is 28.3 Å². The molecule has 3 nitrogen and oxygen atoms in total. The lowest BCUT2D eigenvalue weighted by molar-refractivity contribution is 0.388. The highest BCUT2D eigenvalue weighted by Crippen LogP contribution is 1.99. The number of nitrogens with one attached hydrogen (secondary N) is 2. The van der Waals surface area contributed by atoms with Crippen LogP contribution in [0, 0.1) is 5.41 Å². The first-order valence-corrected chi connectivity index (χ1v) is 6.30. The number of guanidine groups is 1. The first kappa shape index (κ1) is 14.7. The van der Waals surface area contributed by atoms with Crippen molar-refractivity contribution in [1.82, 2.24) is 10.2 Å². The summed E-state index contributed by atoms with van der Waals surface area (Å²) in [6.45, 7) is 6.13. The third kappa shape index (κ3) is 7.62. The number of thiocarbonyl (C=S) groups is 1. The van der Waals surface area contributed by atoms with Crippen LogP contribution in [0.15, 0.2) is 0 Å². The van der Waals surface area contributed by atoms with Gasteiger partial charge in [0, 0.05) is 13.1 Å². The number of hydrogen-bond acceptors (Lipinski definition) is 2. The Morgan fingerprint density at radius 3 is 2.07 bits per heavy atom. The Kier molecular flexibility index (Phi) is 8.80. The van der Waals surface area contributed by atoms with E-state index in [4.69, 9.17) is 17.6 Å². The molecule has 0 aliphatic carbocycles. The van der Waals surface area contributed by atoms with E-state index in [-0.39, 0.29) is 0 Å². The Bertz CT molecular complexity index is 199. The van der Waals surface area contributed by atoms with Crippen molar-refractivity contribution in [2.75, 3.05) is 13.1 Å². The normalized spacial score (nSPS) is 9.80. The number of nitrogens with zero attached hydrogens (tertiary/aromatic N) is 1. The Labute approximate surface area is 104 Å². The SMILES string of the molecule is CCCCN(CCCC)C(=N)NC(=S)S. The zero-order valence-electron chi connectivity index (χ0n) is 9.55. The standard InChI is InChI=1S/C10H21N3S2/c1-3-5-7-13(8-6-4-2)9(11)12-10(14)15/h3-8H2,1-2H3,(H3,11,12,14,15). The Morgan fingerprint density at radius 1 is 1.27 bits per heavy atom. The van der Waals surface area contributed by atoms with Gasteiger partial charge < -0.3 is 10.2 Å². The summed E-state index contributed by atoms with van der Waals surface area (Å²) in [6.07, 6.45) is 4.49. The monoisotopic (exact) mass is 247 g/mol. The van der Waals surface area contributed by atoms with E-state index in [1.807, 2.05) is 4.90 Å². The van der Waals surface area contributed by atoms with Gasteiger partial charge in [-0.1, -0.05) is 38.9 Å². The average molecular weight is 247 g/mol. The lowest BCUT2D eigenvalue weighted by atomic mass is 10.3. The molecule has 0 aromatic rings. The van der Waals surface area contributed by atoms with Crippen LogP contribution in [0.2, 0.25) is 0 Å². The highest BCUT2D eigenvalue weighted by atomic mass is 32.1. The molecule has 0 aromatic heterocycles. The maximum absolute atomic E-state index is 7.81. The van der Waals surface area contributed by atoms with Crippen LogP contribution in [0.25, 0.3) is 0 Å². The quantitative estimate of drug-likeness (QED) is 0.292. The minimum absolute atomic E-state index is 0.359. The van der Waals surface area contributed by atoms with Gasteiger partial charge in [-0.3, -0.25) is 5.41 Å². The van der Waals surface area contributed by atoms with Crippen LogP contribution in [0.3, 0.4) is 0 Å². The fourth-order valence-electron chi connectivity index (χ4n) is 1.21. The van der Waals surface area contributed by atoms with Crippen molar-refractivity contribution >= 4 is 35.1 Å². The Morgan fingerprint density at radius 2 is 1.73 bits per heavy atom. The summed E-state index contributed by atoms with van der Waals surface area (Å²) in [5.41, 5.74) is 0. The molecule has 0 atom stereocenters. The molecule has 0 heterocycles. The van der Waals surface area contributed by atoms with Crippen LogP contribution in [0.1, 0.15) is 39.5 Å². The highest BCUT2D eigenvalue weighted by molar-refractivity contribution is 8.11. The van der Waals surface area contributed by atoms with Crippen LogP contribution >= 0.6 is 24.8 Å². The van der Waals surface area contributed by atoms with Crippen molar-refractivity contribution in [2.45, 2.75) is 39.5 Å². The molecule has 2 N–H and O–H groups in total. The molecule has 0 unspecified atom stereocenters. The lowest BCUT2D eigenvalue weighted by Gasteiger charge is -2.24. The van der Waals surface area contributed by atoms with Crippen LogP contribution < -0.4 is 5.32 Å². The molecule has 0 rings (SSSR count). The van der Waals surface area contributed by atoms with Crippen LogP contribution in [0.5, 0.6) is 0 Å². The molecule has 0 fully saturated rings. The second-order valence-electron chi connectivity index (χ2n) is 3.47. The Hall–Kier alpha value is -0.290. The molecule has 88 valence electrons. The smallest absolute Gasteiger partial charge is 0.196 e. The van der Waals surface area contributed by atoms with Gasteiger partial charge in [0.05, 0.1) is 0 Å². The molecule has 15 heavy (non-hydrogen) atoms. The maximum atomic E-state index is 7.81. The van der Waals surface area contributed by atoms with E-state index in [0.717, 1.165) is 38.8 Å². The van der Waals surface area contributed by atoms with Gasteiger partial charge in [-0.05, 0) is 12.8 Å². The van der Waals surface area contributed by atoms with Gasteiger partial charge >= 0.3 is 0 Å². The van der Waals surface area contributed by atoms with Crippen molar-refractivity contribution in [1.29, 1.82) is 5.41 Å². The fraction of sp³-hybridized carbons (Fsp3) is 0.800. The molecule has 0 amide bonds. The molecule has 0 radical (unpaired) electrons. The third-order valence-electron chi connectivity index (χ3n) is 2.10. The van der Waals surface area contributed by atoms with E-state index in [0.29, 0.717) is 10.3 Å². The van der Waals surface area contributed by atoms with Gasteiger partial charge in [-0.15, -0.1) is 12.6 Å². The molecule has 0 aliphatic rings. The minimum atomic E-state index is 0.359. The summed E-state index contributed by atoms with van der Waals surface area (Å²) in [6, 6.07) is 0. The molecule has 0 saturated heterocycles. The molecular weight excluding hydrogens is 226 g/mol. The summed E-state index contributed by atoms with van der Waals surface area (Å²) in [5.74, 6) is 0.372. The molecule has 5 heteroatoms. The van der Waals surface area contributed by atoms with Gasteiger partial charge in [-0.25, -0.2) is 0 Å². The van der Waals surface area contributed by atoms with Crippen molar-refractivity contribution in [3.63, 3.8) is 0 Å². The average Bonchev–Trinajstić information content (AvgIpc) is 2.17. The number of rotatable bonds is 6. The Balaban J connectivity index is 4.07. The number of thiol groups is 1. The van der Waals surface area contributed by atoms with Gasteiger partial charge in [0.2, 0.25) is 0 Å². The summed E-state index contributed by atoms with van der Waals surface area (Å²) < 4.78 is 0.359. The zero-order valence-corrected chi connectivity index (χ0v) is 11.3. The topological polar surface area (TPSA) is 39.1 Å². The van der Waals surface area contributed by atoms with Crippen molar-refractivity contribution in [3.8, 4) is 0 Å².